The molecule has 1 amide bonds. The molecule has 29 heavy (non-hydrogen) atoms. The first-order chi connectivity index (χ1) is 14.2. The maximum Gasteiger partial charge on any atom is 0.268 e. The molecule has 1 aliphatic rings. The molecule has 0 fully saturated rings. The maximum absolute atomic E-state index is 13.2. The van der Waals surface area contributed by atoms with Crippen LogP contribution in [0.1, 0.15) is 34.1 Å². The summed E-state index contributed by atoms with van der Waals surface area (Å²) in [6.07, 6.45) is 1.75. The fourth-order valence-corrected chi connectivity index (χ4v) is 4.14. The molecule has 2 aromatic carbocycles. The zero-order valence-corrected chi connectivity index (χ0v) is 17.0. The first-order valence-corrected chi connectivity index (χ1v) is 9.79. The molecule has 0 bridgehead atoms. The van der Waals surface area contributed by atoms with Gasteiger partial charge in [0.15, 0.2) is 11.5 Å². The van der Waals surface area contributed by atoms with Crippen LogP contribution in [0.5, 0.6) is 11.5 Å². The summed E-state index contributed by atoms with van der Waals surface area (Å²) in [5.74, 6) is 1.32. The van der Waals surface area contributed by atoms with Crippen molar-refractivity contribution in [3.8, 4) is 11.5 Å². The van der Waals surface area contributed by atoms with Crippen molar-refractivity contribution in [2.45, 2.75) is 25.4 Å². The molecule has 0 saturated carbocycles. The molecule has 0 saturated heterocycles. The topological polar surface area (TPSA) is 61.7 Å². The van der Waals surface area contributed by atoms with E-state index in [9.17, 15) is 4.79 Å². The molecule has 0 aliphatic heterocycles. The number of aryl methyl sites for hydroxylation is 1. The number of benzene rings is 2. The largest absolute Gasteiger partial charge is 0.493 e. The number of fused-ring (bicyclic) bond motifs is 2. The Bertz CT molecular complexity index is 1040. The van der Waals surface area contributed by atoms with Crippen LogP contribution in [0.15, 0.2) is 42.5 Å². The van der Waals surface area contributed by atoms with Gasteiger partial charge in [0, 0.05) is 24.6 Å². The van der Waals surface area contributed by atoms with Gasteiger partial charge in [-0.15, -0.1) is 0 Å². The minimum absolute atomic E-state index is 0.0498. The van der Waals surface area contributed by atoms with Crippen molar-refractivity contribution in [1.29, 1.82) is 0 Å². The van der Waals surface area contributed by atoms with E-state index in [1.54, 1.807) is 21.3 Å². The normalized spacial score (nSPS) is 15.3. The highest BCUT2D eigenvalue weighted by Gasteiger charge is 2.27. The lowest BCUT2D eigenvalue weighted by Gasteiger charge is -2.17. The van der Waals surface area contributed by atoms with Crippen LogP contribution >= 0.6 is 0 Å². The van der Waals surface area contributed by atoms with Gasteiger partial charge in [0.1, 0.15) is 5.69 Å². The summed E-state index contributed by atoms with van der Waals surface area (Å²) in [5, 5.41) is 4.27. The number of nitrogens with zero attached hydrogens (tertiary/aromatic N) is 1. The SMILES string of the molecule is COCCn1c(C(=O)N[C@H]2CCc3cc(OC)c(OC)cc32)cc2ccccc21. The molecule has 0 unspecified atom stereocenters. The Labute approximate surface area is 170 Å². The highest BCUT2D eigenvalue weighted by atomic mass is 16.5. The van der Waals surface area contributed by atoms with Crippen molar-refractivity contribution >= 4 is 16.8 Å². The van der Waals surface area contributed by atoms with E-state index in [2.05, 4.69) is 5.32 Å². The first kappa shape index (κ1) is 19.3. The van der Waals surface area contributed by atoms with Crippen molar-refractivity contribution < 1.29 is 19.0 Å². The molecule has 0 radical (unpaired) electrons. The van der Waals surface area contributed by atoms with E-state index in [-0.39, 0.29) is 11.9 Å². The van der Waals surface area contributed by atoms with Gasteiger partial charge in [-0.25, -0.2) is 0 Å². The van der Waals surface area contributed by atoms with Crippen LogP contribution < -0.4 is 14.8 Å². The predicted octanol–water partition coefficient (Wildman–Crippen LogP) is 3.72. The number of hydrogen-bond donors (Lipinski definition) is 1. The molecule has 1 atom stereocenters. The summed E-state index contributed by atoms with van der Waals surface area (Å²) in [6.45, 7) is 1.17. The van der Waals surface area contributed by atoms with E-state index in [1.165, 1.54) is 5.56 Å². The van der Waals surface area contributed by atoms with Crippen LogP contribution in [-0.4, -0.2) is 38.4 Å². The van der Waals surface area contributed by atoms with Crippen LogP contribution in [0.25, 0.3) is 10.9 Å². The Morgan fingerprint density at radius 3 is 2.62 bits per heavy atom. The van der Waals surface area contributed by atoms with Gasteiger partial charge in [-0.3, -0.25) is 4.79 Å². The van der Waals surface area contributed by atoms with Gasteiger partial charge < -0.3 is 24.1 Å². The molecule has 4 rings (SSSR count). The third-order valence-corrected chi connectivity index (χ3v) is 5.59. The number of methoxy groups -OCH3 is 3. The van der Waals surface area contributed by atoms with Crippen LogP contribution in [0.3, 0.4) is 0 Å². The number of carbonyl (C=O) groups excluding carboxylic acids is 1. The third-order valence-electron chi connectivity index (χ3n) is 5.59. The van der Waals surface area contributed by atoms with Gasteiger partial charge in [0.2, 0.25) is 0 Å². The fourth-order valence-electron chi connectivity index (χ4n) is 4.14. The fraction of sp³-hybridized carbons (Fsp3) is 0.348. The molecule has 1 N–H and O–H groups in total. The second-order valence-electron chi connectivity index (χ2n) is 7.20. The van der Waals surface area contributed by atoms with Gasteiger partial charge in [-0.05, 0) is 48.2 Å². The molecular weight excluding hydrogens is 368 g/mol. The molecule has 1 aliphatic carbocycles. The van der Waals surface area contributed by atoms with Gasteiger partial charge >= 0.3 is 0 Å². The number of rotatable bonds is 7. The summed E-state index contributed by atoms with van der Waals surface area (Å²) in [4.78, 5) is 13.2. The molecule has 3 aromatic rings. The number of para-hydroxylation sites is 1. The van der Waals surface area contributed by atoms with Gasteiger partial charge in [0.05, 0.1) is 26.9 Å². The van der Waals surface area contributed by atoms with Gasteiger partial charge in [-0.1, -0.05) is 18.2 Å². The van der Waals surface area contributed by atoms with Crippen LogP contribution in [0.4, 0.5) is 0 Å². The third kappa shape index (κ3) is 3.56. The van der Waals surface area contributed by atoms with E-state index in [4.69, 9.17) is 14.2 Å². The number of ether oxygens (including phenoxy) is 3. The molecule has 0 spiro atoms. The van der Waals surface area contributed by atoms with Crippen LogP contribution in [-0.2, 0) is 17.7 Å². The molecule has 1 heterocycles. The summed E-state index contributed by atoms with van der Waals surface area (Å²) >= 11 is 0. The first-order valence-electron chi connectivity index (χ1n) is 9.79. The average molecular weight is 394 g/mol. The Hall–Kier alpha value is -2.99. The maximum atomic E-state index is 13.2. The number of carbonyl (C=O) groups is 1. The molecule has 152 valence electrons. The van der Waals surface area contributed by atoms with E-state index in [0.717, 1.165) is 35.1 Å². The zero-order valence-electron chi connectivity index (χ0n) is 17.0. The smallest absolute Gasteiger partial charge is 0.268 e. The standard InChI is InChI=1S/C23H26N2O4/c1-27-11-10-25-19-7-5-4-6-16(19)12-20(25)23(26)24-18-9-8-15-13-21(28-2)22(29-3)14-17(15)18/h4-7,12-14,18H,8-11H2,1-3H3,(H,24,26)/t18-/m0/s1. The lowest BCUT2D eigenvalue weighted by Crippen LogP contribution is -2.29. The quantitative estimate of drug-likeness (QED) is 0.663. The number of nitrogens with one attached hydrogen (secondary N) is 1. The Morgan fingerprint density at radius 1 is 1.10 bits per heavy atom. The molecular formula is C23H26N2O4. The van der Waals surface area contributed by atoms with Crippen molar-refractivity contribution in [1.82, 2.24) is 9.88 Å². The van der Waals surface area contributed by atoms with E-state index in [0.29, 0.717) is 24.6 Å². The molecule has 6 nitrogen and oxygen atoms in total. The Balaban J connectivity index is 1.63. The summed E-state index contributed by atoms with van der Waals surface area (Å²) in [7, 11) is 4.93. The highest BCUT2D eigenvalue weighted by Crippen LogP contribution is 2.39. The number of aromatic nitrogens is 1. The average Bonchev–Trinajstić information content (AvgIpc) is 3.32. The Morgan fingerprint density at radius 2 is 1.86 bits per heavy atom. The van der Waals surface area contributed by atoms with Crippen molar-refractivity contribution in [2.75, 3.05) is 27.9 Å². The predicted molar refractivity (Wildman–Crippen MR) is 112 cm³/mol. The molecule has 6 heteroatoms. The van der Waals surface area contributed by atoms with Crippen molar-refractivity contribution in [3.05, 3.63) is 59.3 Å². The van der Waals surface area contributed by atoms with Crippen molar-refractivity contribution in [2.24, 2.45) is 0 Å². The lowest BCUT2D eigenvalue weighted by molar-refractivity contribution is 0.0925. The van der Waals surface area contributed by atoms with Crippen molar-refractivity contribution in [3.63, 3.8) is 0 Å². The molecule has 1 aromatic heterocycles. The number of hydrogen-bond acceptors (Lipinski definition) is 4. The van der Waals surface area contributed by atoms with E-state index >= 15 is 0 Å². The van der Waals surface area contributed by atoms with E-state index < -0.39 is 0 Å². The summed E-state index contributed by atoms with van der Waals surface area (Å²) < 4.78 is 18.1. The number of amides is 1. The second kappa shape index (κ2) is 8.17. The minimum Gasteiger partial charge on any atom is -0.493 e. The Kier molecular flexibility index (Phi) is 5.45. The summed E-state index contributed by atoms with van der Waals surface area (Å²) in [5.41, 5.74) is 3.97. The van der Waals surface area contributed by atoms with Gasteiger partial charge in [0.25, 0.3) is 5.91 Å². The van der Waals surface area contributed by atoms with Crippen LogP contribution in [0, 0.1) is 0 Å². The monoisotopic (exact) mass is 394 g/mol. The minimum atomic E-state index is -0.0788. The zero-order chi connectivity index (χ0) is 20.4. The summed E-state index contributed by atoms with van der Waals surface area (Å²) in [6, 6.07) is 13.9. The van der Waals surface area contributed by atoms with E-state index in [1.807, 2.05) is 47.0 Å². The second-order valence-corrected chi connectivity index (χ2v) is 7.20. The lowest BCUT2D eigenvalue weighted by atomic mass is 10.1. The van der Waals surface area contributed by atoms with Crippen LogP contribution in [0.2, 0.25) is 0 Å². The van der Waals surface area contributed by atoms with Gasteiger partial charge in [-0.2, -0.15) is 0 Å². The highest BCUT2D eigenvalue weighted by molar-refractivity contribution is 5.99.